The molecule has 0 aliphatic carbocycles. The Hall–Kier alpha value is -2.16. The van der Waals surface area contributed by atoms with Gasteiger partial charge in [-0.1, -0.05) is 13.8 Å². The first-order chi connectivity index (χ1) is 14.7. The van der Waals surface area contributed by atoms with Crippen molar-refractivity contribution in [1.82, 2.24) is 13.8 Å². The van der Waals surface area contributed by atoms with Gasteiger partial charge >= 0.3 is 0 Å². The van der Waals surface area contributed by atoms with Crippen molar-refractivity contribution in [2.24, 2.45) is 11.8 Å². The van der Waals surface area contributed by atoms with Gasteiger partial charge in [0.1, 0.15) is 0 Å². The van der Waals surface area contributed by atoms with Crippen molar-refractivity contribution in [3.8, 4) is 0 Å². The quantitative estimate of drug-likeness (QED) is 0.769. The van der Waals surface area contributed by atoms with E-state index < -0.39 is 10.0 Å². The van der Waals surface area contributed by atoms with Gasteiger partial charge in [0.2, 0.25) is 15.9 Å². The summed E-state index contributed by atoms with van der Waals surface area (Å²) in [6.45, 7) is 9.41. The largest absolute Gasteiger partial charge is 0.349 e. The number of fused-ring (bicyclic) bond motifs is 1. The topological polar surface area (TPSA) is 74.7 Å². The number of benzene rings is 1. The monoisotopic (exact) mass is 444 g/mol. The number of anilines is 1. The molecule has 2 aromatic rings. The molecule has 4 rings (SSSR count). The van der Waals surface area contributed by atoms with Crippen molar-refractivity contribution in [1.29, 1.82) is 0 Å². The fourth-order valence-electron chi connectivity index (χ4n) is 4.89. The molecule has 0 unspecified atom stereocenters. The average molecular weight is 445 g/mol. The SMILES string of the molecule is C[C@@H]1C[C@@H](C)CN(S(=O)(=O)c2ccc(NC(=O)CN3CCn4cccc4[C@H]3C)cc2)C1. The molecule has 1 N–H and O–H groups in total. The molecule has 0 bridgehead atoms. The van der Waals surface area contributed by atoms with Crippen molar-refractivity contribution < 1.29 is 13.2 Å². The molecule has 3 atom stereocenters. The molecule has 2 aliphatic heterocycles. The Labute approximate surface area is 185 Å². The lowest BCUT2D eigenvalue weighted by Gasteiger charge is -2.34. The molecule has 3 heterocycles. The van der Waals surface area contributed by atoms with Crippen LogP contribution in [0, 0.1) is 11.8 Å². The van der Waals surface area contributed by atoms with Gasteiger partial charge in [-0.05, 0) is 61.6 Å². The van der Waals surface area contributed by atoms with Crippen molar-refractivity contribution in [2.45, 2.75) is 44.7 Å². The Bertz CT molecular complexity index is 1020. The van der Waals surface area contributed by atoms with E-state index in [4.69, 9.17) is 0 Å². The van der Waals surface area contributed by atoms with Crippen LogP contribution in [-0.2, 0) is 21.4 Å². The number of nitrogens with zero attached hydrogens (tertiary/aromatic N) is 3. The van der Waals surface area contributed by atoms with E-state index >= 15 is 0 Å². The van der Waals surface area contributed by atoms with Crippen LogP contribution in [0.15, 0.2) is 47.5 Å². The number of piperidine rings is 1. The van der Waals surface area contributed by atoms with Gasteiger partial charge in [-0.15, -0.1) is 0 Å². The Morgan fingerprint density at radius 3 is 2.39 bits per heavy atom. The first kappa shape index (κ1) is 22.0. The first-order valence-corrected chi connectivity index (χ1v) is 12.5. The fraction of sp³-hybridized carbons (Fsp3) is 0.522. The summed E-state index contributed by atoms with van der Waals surface area (Å²) in [6, 6.07) is 10.8. The van der Waals surface area contributed by atoms with E-state index in [0.29, 0.717) is 37.2 Å². The van der Waals surface area contributed by atoms with Gasteiger partial charge in [0.05, 0.1) is 11.4 Å². The van der Waals surface area contributed by atoms with Gasteiger partial charge < -0.3 is 9.88 Å². The minimum Gasteiger partial charge on any atom is -0.349 e. The fourth-order valence-corrected chi connectivity index (χ4v) is 6.57. The molecule has 0 saturated carbocycles. The molecule has 2 aliphatic rings. The predicted octanol–water partition coefficient (Wildman–Crippen LogP) is 3.17. The molecule has 7 nitrogen and oxygen atoms in total. The second-order valence-electron chi connectivity index (χ2n) is 9.11. The summed E-state index contributed by atoms with van der Waals surface area (Å²) in [5.74, 6) is 0.621. The Morgan fingerprint density at radius 1 is 1.03 bits per heavy atom. The van der Waals surface area contributed by atoms with Gasteiger partial charge in [-0.2, -0.15) is 4.31 Å². The van der Waals surface area contributed by atoms with E-state index in [1.54, 1.807) is 28.6 Å². The van der Waals surface area contributed by atoms with Crippen LogP contribution in [0.5, 0.6) is 0 Å². The maximum atomic E-state index is 13.0. The Kier molecular flexibility index (Phi) is 6.23. The molecular weight excluding hydrogens is 412 g/mol. The summed E-state index contributed by atoms with van der Waals surface area (Å²) in [7, 11) is -3.52. The summed E-state index contributed by atoms with van der Waals surface area (Å²) in [5, 5.41) is 2.90. The molecule has 31 heavy (non-hydrogen) atoms. The highest BCUT2D eigenvalue weighted by atomic mass is 32.2. The minimum atomic E-state index is -3.52. The number of hydrogen-bond donors (Lipinski definition) is 1. The van der Waals surface area contributed by atoms with E-state index in [1.165, 1.54) is 5.69 Å². The predicted molar refractivity (Wildman–Crippen MR) is 121 cm³/mol. The average Bonchev–Trinajstić information content (AvgIpc) is 3.19. The number of carbonyl (C=O) groups is 1. The highest BCUT2D eigenvalue weighted by Crippen LogP contribution is 2.28. The minimum absolute atomic E-state index is 0.0962. The molecule has 1 amide bonds. The lowest BCUT2D eigenvalue weighted by molar-refractivity contribution is -0.118. The van der Waals surface area contributed by atoms with Gasteiger partial charge in [0, 0.05) is 49.8 Å². The normalized spacial score (nSPS) is 25.2. The summed E-state index contributed by atoms with van der Waals surface area (Å²) in [5.41, 5.74) is 1.83. The van der Waals surface area contributed by atoms with E-state index in [0.717, 1.165) is 19.5 Å². The maximum absolute atomic E-state index is 13.0. The van der Waals surface area contributed by atoms with Gasteiger partial charge in [0.25, 0.3) is 0 Å². The maximum Gasteiger partial charge on any atom is 0.243 e. The summed E-state index contributed by atoms with van der Waals surface area (Å²) in [6.07, 6.45) is 3.13. The molecule has 168 valence electrons. The number of aromatic nitrogens is 1. The molecule has 0 radical (unpaired) electrons. The van der Waals surface area contributed by atoms with Gasteiger partial charge in [-0.3, -0.25) is 9.69 Å². The van der Waals surface area contributed by atoms with Crippen LogP contribution in [0.3, 0.4) is 0 Å². The molecular formula is C23H32N4O3S. The highest BCUT2D eigenvalue weighted by molar-refractivity contribution is 7.89. The van der Waals surface area contributed by atoms with Gasteiger partial charge in [-0.25, -0.2) is 8.42 Å². The van der Waals surface area contributed by atoms with Crippen LogP contribution in [0.1, 0.15) is 38.9 Å². The van der Waals surface area contributed by atoms with Crippen molar-refractivity contribution in [3.05, 3.63) is 48.3 Å². The van der Waals surface area contributed by atoms with Crippen LogP contribution in [0.25, 0.3) is 0 Å². The second-order valence-corrected chi connectivity index (χ2v) is 11.1. The molecule has 0 spiro atoms. The number of carbonyl (C=O) groups excluding carboxylic acids is 1. The van der Waals surface area contributed by atoms with E-state index in [9.17, 15) is 13.2 Å². The van der Waals surface area contributed by atoms with E-state index in [1.807, 2.05) is 6.07 Å². The summed E-state index contributed by atoms with van der Waals surface area (Å²) >= 11 is 0. The number of rotatable bonds is 5. The lowest BCUT2D eigenvalue weighted by Crippen LogP contribution is -2.42. The molecule has 1 fully saturated rings. The lowest BCUT2D eigenvalue weighted by atomic mass is 9.94. The van der Waals surface area contributed by atoms with Crippen molar-refractivity contribution >= 4 is 21.6 Å². The zero-order chi connectivity index (χ0) is 22.2. The summed E-state index contributed by atoms with van der Waals surface area (Å²) in [4.78, 5) is 15.0. The third-order valence-electron chi connectivity index (χ3n) is 6.43. The molecule has 1 aromatic heterocycles. The van der Waals surface area contributed by atoms with Gasteiger partial charge in [0.15, 0.2) is 0 Å². The Morgan fingerprint density at radius 2 is 1.71 bits per heavy atom. The first-order valence-electron chi connectivity index (χ1n) is 11.0. The van der Waals surface area contributed by atoms with E-state index in [-0.39, 0.29) is 16.8 Å². The number of amides is 1. The zero-order valence-electron chi connectivity index (χ0n) is 18.5. The third kappa shape index (κ3) is 4.71. The van der Waals surface area contributed by atoms with Crippen molar-refractivity contribution in [2.75, 3.05) is 31.5 Å². The van der Waals surface area contributed by atoms with Crippen LogP contribution in [0.2, 0.25) is 0 Å². The zero-order valence-corrected chi connectivity index (χ0v) is 19.3. The van der Waals surface area contributed by atoms with Crippen LogP contribution >= 0.6 is 0 Å². The number of sulfonamides is 1. The van der Waals surface area contributed by atoms with Crippen LogP contribution in [0.4, 0.5) is 5.69 Å². The number of hydrogen-bond acceptors (Lipinski definition) is 4. The third-order valence-corrected chi connectivity index (χ3v) is 8.27. The molecule has 1 aromatic carbocycles. The second kappa shape index (κ2) is 8.76. The molecule has 8 heteroatoms. The number of nitrogens with one attached hydrogen (secondary N) is 1. The smallest absolute Gasteiger partial charge is 0.243 e. The highest BCUT2D eigenvalue weighted by Gasteiger charge is 2.31. The molecule has 1 saturated heterocycles. The summed E-state index contributed by atoms with van der Waals surface area (Å²) < 4.78 is 29.9. The Balaban J connectivity index is 1.38. The standard InChI is InChI=1S/C23H32N4O3S/c1-17-13-18(2)15-27(14-17)31(29,30)21-8-6-20(7-9-21)24-23(28)16-26-12-11-25-10-4-5-22(25)19(26)3/h4-10,17-19H,11-16H2,1-3H3,(H,24,28)/t17-,18-,19-/m1/s1. The van der Waals surface area contributed by atoms with Crippen LogP contribution < -0.4 is 5.32 Å². The van der Waals surface area contributed by atoms with E-state index in [2.05, 4.69) is 47.8 Å². The van der Waals surface area contributed by atoms with Crippen LogP contribution in [-0.4, -0.2) is 54.3 Å². The van der Waals surface area contributed by atoms with Crippen molar-refractivity contribution in [3.63, 3.8) is 0 Å².